The number of esters is 1. The molecule has 0 aliphatic carbocycles. The zero-order valence-electron chi connectivity index (χ0n) is 27.7. The van der Waals surface area contributed by atoms with Crippen molar-refractivity contribution >= 4 is 5.97 Å². The zero-order chi connectivity index (χ0) is 33.5. The summed E-state index contributed by atoms with van der Waals surface area (Å²) in [5, 5.41) is 0. The minimum atomic E-state index is -1.01. The fraction of sp³-hybridized carbons (Fsp3) is 0.395. The van der Waals surface area contributed by atoms with Gasteiger partial charge in [0.25, 0.3) is 5.56 Å². The van der Waals surface area contributed by atoms with Crippen molar-refractivity contribution in [2.75, 3.05) is 20.3 Å². The smallest absolute Gasteiger partial charge is 0.323 e. The molecule has 2 fully saturated rings. The molecule has 7 rings (SSSR count). The first-order valence-corrected chi connectivity index (χ1v) is 16.5. The molecule has 1 aromatic heterocycles. The average Bonchev–Trinajstić information content (AvgIpc) is 3.79. The lowest BCUT2D eigenvalue weighted by atomic mass is 9.80. The van der Waals surface area contributed by atoms with E-state index < -0.39 is 41.7 Å². The van der Waals surface area contributed by atoms with Crippen molar-refractivity contribution in [2.24, 2.45) is 0 Å². The van der Waals surface area contributed by atoms with E-state index in [1.807, 2.05) is 81.4 Å². The number of carbonyl (C=O) groups is 1. The fourth-order valence-electron chi connectivity index (χ4n) is 7.31. The minimum absolute atomic E-state index is 0.164. The number of fused-ring (bicyclic) bond motifs is 3. The Hall–Kier alpha value is -4.51. The second-order valence-corrected chi connectivity index (χ2v) is 13.5. The summed E-state index contributed by atoms with van der Waals surface area (Å²) in [5.74, 6) is 0.470. The van der Waals surface area contributed by atoms with Crippen molar-refractivity contribution in [1.82, 2.24) is 14.5 Å². The predicted octanol–water partition coefficient (Wildman–Crippen LogP) is 5.09. The van der Waals surface area contributed by atoms with Crippen molar-refractivity contribution in [3.05, 3.63) is 124 Å². The maximum atomic E-state index is 13.6. The van der Waals surface area contributed by atoms with E-state index in [2.05, 4.69) is 34.1 Å². The molecule has 3 aliphatic heterocycles. The topological polar surface area (TPSA) is 101 Å². The van der Waals surface area contributed by atoms with Crippen molar-refractivity contribution in [3.8, 4) is 11.8 Å². The molecule has 0 N–H and O–H groups in total. The van der Waals surface area contributed by atoms with Gasteiger partial charge in [-0.1, -0.05) is 72.8 Å². The number of ether oxygens (including phenoxy) is 5. The first-order chi connectivity index (χ1) is 23.2. The van der Waals surface area contributed by atoms with E-state index in [-0.39, 0.29) is 24.1 Å². The van der Waals surface area contributed by atoms with E-state index in [0.717, 1.165) is 28.9 Å². The molecule has 0 radical (unpaired) electrons. The molecule has 3 aliphatic rings. The maximum Gasteiger partial charge on any atom is 0.323 e. The third kappa shape index (κ3) is 5.89. The molecule has 10 heteroatoms. The van der Waals surface area contributed by atoms with Crippen molar-refractivity contribution in [2.45, 2.75) is 75.3 Å². The lowest BCUT2D eigenvalue weighted by Gasteiger charge is -2.39. The molecule has 0 bridgehead atoms. The molecule has 2 saturated heterocycles. The Morgan fingerprint density at radius 3 is 2.19 bits per heavy atom. The molecule has 4 heterocycles. The molecule has 3 aromatic carbocycles. The van der Waals surface area contributed by atoms with Crippen LogP contribution in [0.4, 0.5) is 0 Å². The lowest BCUT2D eigenvalue weighted by Crippen LogP contribution is -2.55. The van der Waals surface area contributed by atoms with E-state index in [9.17, 15) is 9.59 Å². The average molecular weight is 652 g/mol. The highest BCUT2D eigenvalue weighted by Gasteiger charge is 2.57. The first kappa shape index (κ1) is 32.1. The number of rotatable bonds is 9. The third-order valence-corrected chi connectivity index (χ3v) is 9.31. The quantitative estimate of drug-likeness (QED) is 0.181. The van der Waals surface area contributed by atoms with Crippen LogP contribution in [0.15, 0.2) is 102 Å². The molecule has 0 amide bonds. The highest BCUT2D eigenvalue weighted by Crippen LogP contribution is 2.46. The van der Waals surface area contributed by atoms with E-state index in [4.69, 9.17) is 23.7 Å². The Bertz CT molecular complexity index is 1750. The Balaban J connectivity index is 1.29. The van der Waals surface area contributed by atoms with E-state index in [1.54, 1.807) is 17.9 Å². The number of aromatic nitrogens is 2. The summed E-state index contributed by atoms with van der Waals surface area (Å²) in [6.45, 7) is 6.45. The van der Waals surface area contributed by atoms with Crippen molar-refractivity contribution in [3.63, 3.8) is 0 Å². The highest BCUT2D eigenvalue weighted by atomic mass is 16.6. The van der Waals surface area contributed by atoms with Gasteiger partial charge in [0.15, 0.2) is 12.3 Å². The Morgan fingerprint density at radius 2 is 1.56 bits per heavy atom. The summed E-state index contributed by atoms with van der Waals surface area (Å²) in [6.07, 6.45) is 1.53. The summed E-state index contributed by atoms with van der Waals surface area (Å²) in [6, 6.07) is 28.9. The van der Waals surface area contributed by atoms with Crippen LogP contribution < -0.4 is 15.0 Å². The standard InChI is InChI=1S/C38H41N3O7/c1-37(2,3)48-35(43)29-16-11-22-40(29)32-30(46-34-33(32)47-36-39-31(42)21-23-41(34)36)24-45-38(25-12-7-5-8-13-25,26-14-9-6-10-15-26)27-17-19-28(44-4)20-18-27/h5-10,12-15,17-21,23,29-30,32-34H,11,16,22,24H2,1-4H3/t29?,30-,32-,33+,34-/m1/s1. The van der Waals surface area contributed by atoms with Gasteiger partial charge in [-0.2, -0.15) is 4.98 Å². The number of hydrogen-bond acceptors (Lipinski definition) is 9. The monoisotopic (exact) mass is 651 g/mol. The van der Waals surface area contributed by atoms with Crippen LogP contribution in [0.2, 0.25) is 0 Å². The molecule has 250 valence electrons. The van der Waals surface area contributed by atoms with Crippen LogP contribution in [0.5, 0.6) is 11.8 Å². The normalized spacial score (nSPS) is 23.7. The fourth-order valence-corrected chi connectivity index (χ4v) is 7.31. The number of carbonyl (C=O) groups excluding carboxylic acids is 1. The van der Waals surface area contributed by atoms with Gasteiger partial charge in [0.2, 0.25) is 0 Å². The van der Waals surface area contributed by atoms with Gasteiger partial charge in [-0.05, 0) is 69.0 Å². The SMILES string of the molecule is COc1ccc(C(OC[C@H]2O[C@@H]3[C@@H](Oc4nc(=O)ccn43)[C@@H]2N2CCCC2C(=O)OC(C)(C)C)(c2ccccc2)c2ccccc2)cc1. The van der Waals surface area contributed by atoms with Crippen LogP contribution in [0.1, 0.15) is 56.5 Å². The van der Waals surface area contributed by atoms with Crippen LogP contribution in [-0.4, -0.2) is 70.6 Å². The van der Waals surface area contributed by atoms with Crippen LogP contribution in [0, 0.1) is 0 Å². The van der Waals surface area contributed by atoms with E-state index in [0.29, 0.717) is 13.0 Å². The number of methoxy groups -OCH3 is 1. The molecular weight excluding hydrogens is 610 g/mol. The summed E-state index contributed by atoms with van der Waals surface area (Å²) in [7, 11) is 1.65. The molecular formula is C38H41N3O7. The first-order valence-electron chi connectivity index (χ1n) is 16.5. The van der Waals surface area contributed by atoms with E-state index in [1.165, 1.54) is 6.07 Å². The molecule has 5 atom stereocenters. The van der Waals surface area contributed by atoms with Crippen LogP contribution in [0.3, 0.4) is 0 Å². The van der Waals surface area contributed by atoms with Gasteiger partial charge in [0, 0.05) is 12.3 Å². The van der Waals surface area contributed by atoms with Gasteiger partial charge in [0.1, 0.15) is 29.1 Å². The summed E-state index contributed by atoms with van der Waals surface area (Å²) < 4.78 is 33.5. The molecule has 0 saturated carbocycles. The lowest BCUT2D eigenvalue weighted by molar-refractivity contribution is -0.162. The van der Waals surface area contributed by atoms with Crippen LogP contribution >= 0.6 is 0 Å². The highest BCUT2D eigenvalue weighted by molar-refractivity contribution is 5.76. The van der Waals surface area contributed by atoms with Gasteiger partial charge >= 0.3 is 12.0 Å². The maximum absolute atomic E-state index is 13.6. The summed E-state index contributed by atoms with van der Waals surface area (Å²) in [4.78, 5) is 32.0. The van der Waals surface area contributed by atoms with Gasteiger partial charge in [-0.15, -0.1) is 0 Å². The van der Waals surface area contributed by atoms with Gasteiger partial charge in [-0.3, -0.25) is 19.1 Å². The number of benzene rings is 3. The minimum Gasteiger partial charge on any atom is -0.497 e. The Morgan fingerprint density at radius 1 is 0.917 bits per heavy atom. The molecule has 10 nitrogen and oxygen atoms in total. The van der Waals surface area contributed by atoms with Crippen molar-refractivity contribution in [1.29, 1.82) is 0 Å². The Kier molecular flexibility index (Phi) is 8.57. The molecule has 48 heavy (non-hydrogen) atoms. The number of hydrogen-bond donors (Lipinski definition) is 0. The summed E-state index contributed by atoms with van der Waals surface area (Å²) >= 11 is 0. The molecule has 4 aromatic rings. The molecule has 1 unspecified atom stereocenters. The molecule has 0 spiro atoms. The number of likely N-dealkylation sites (tertiary alicyclic amines) is 1. The van der Waals surface area contributed by atoms with Gasteiger partial charge in [0.05, 0.1) is 19.8 Å². The van der Waals surface area contributed by atoms with Crippen LogP contribution in [-0.2, 0) is 24.6 Å². The van der Waals surface area contributed by atoms with E-state index >= 15 is 0 Å². The second kappa shape index (κ2) is 12.8. The largest absolute Gasteiger partial charge is 0.497 e. The van der Waals surface area contributed by atoms with Crippen LogP contribution in [0.25, 0.3) is 0 Å². The van der Waals surface area contributed by atoms with Gasteiger partial charge < -0.3 is 23.7 Å². The summed E-state index contributed by atoms with van der Waals surface area (Å²) in [5.41, 5.74) is 0.794. The second-order valence-electron chi connectivity index (χ2n) is 13.5. The van der Waals surface area contributed by atoms with Crippen molar-refractivity contribution < 1.29 is 28.5 Å². The van der Waals surface area contributed by atoms with Gasteiger partial charge in [-0.25, -0.2) is 0 Å². The zero-order valence-corrected chi connectivity index (χ0v) is 27.7. The number of nitrogens with zero attached hydrogens (tertiary/aromatic N) is 3. The third-order valence-electron chi connectivity index (χ3n) is 9.31. The Labute approximate surface area is 280 Å². The predicted molar refractivity (Wildman–Crippen MR) is 178 cm³/mol.